The summed E-state index contributed by atoms with van der Waals surface area (Å²) in [5.41, 5.74) is 11.9. The number of amides is 1. The molecular formula is C27H38N6O4. The Bertz CT molecular complexity index is 1110. The number of carbonyl (C=O) groups excluding carboxylic acids is 2. The summed E-state index contributed by atoms with van der Waals surface area (Å²) in [4.78, 5) is 25.9. The Morgan fingerprint density at radius 1 is 1.11 bits per heavy atom. The first-order valence-electron chi connectivity index (χ1n) is 12.4. The van der Waals surface area contributed by atoms with Crippen molar-refractivity contribution in [2.45, 2.75) is 31.8 Å². The van der Waals surface area contributed by atoms with E-state index in [9.17, 15) is 9.59 Å². The normalized spacial score (nSPS) is 15.5. The van der Waals surface area contributed by atoms with Crippen LogP contribution in [-0.4, -0.2) is 64.0 Å². The van der Waals surface area contributed by atoms with Crippen molar-refractivity contribution in [1.29, 1.82) is 0 Å². The zero-order valence-corrected chi connectivity index (χ0v) is 21.8. The van der Waals surface area contributed by atoms with Gasteiger partial charge in [0.05, 0.1) is 25.0 Å². The van der Waals surface area contributed by atoms with E-state index in [2.05, 4.69) is 21.6 Å². The van der Waals surface area contributed by atoms with E-state index >= 15 is 0 Å². The third-order valence-corrected chi connectivity index (χ3v) is 6.42. The summed E-state index contributed by atoms with van der Waals surface area (Å²) in [6.07, 6.45) is 1.57. The van der Waals surface area contributed by atoms with Crippen LogP contribution in [-0.2, 0) is 20.8 Å². The van der Waals surface area contributed by atoms with Crippen LogP contribution in [0.3, 0.4) is 0 Å². The van der Waals surface area contributed by atoms with Crippen molar-refractivity contribution in [1.82, 2.24) is 15.6 Å². The van der Waals surface area contributed by atoms with Gasteiger partial charge in [-0.3, -0.25) is 4.79 Å². The number of carbonyl (C=O) groups is 2. The number of alkyl carbamates (subject to hydrolysis) is 1. The monoisotopic (exact) mass is 510 g/mol. The average Bonchev–Trinajstić information content (AvgIpc) is 2.90. The summed E-state index contributed by atoms with van der Waals surface area (Å²) in [5.74, 6) is 6.20. The number of ether oxygens (including phenoxy) is 2. The molecule has 1 atom stereocenters. The SMILES string of the molecule is CNC(CCCCNC(=O)OCCN(N)/C1=C(\N)c2ccccc2N(C)Cc2ccccc21)C(=O)OC. The van der Waals surface area contributed by atoms with Gasteiger partial charge in [0.25, 0.3) is 0 Å². The molecule has 1 amide bonds. The zero-order chi connectivity index (χ0) is 26.8. The molecule has 2 aromatic rings. The summed E-state index contributed by atoms with van der Waals surface area (Å²) < 4.78 is 10.1. The predicted molar refractivity (Wildman–Crippen MR) is 145 cm³/mol. The maximum atomic E-state index is 12.2. The van der Waals surface area contributed by atoms with Gasteiger partial charge >= 0.3 is 12.1 Å². The smallest absolute Gasteiger partial charge is 0.407 e. The van der Waals surface area contributed by atoms with Crippen LogP contribution in [0.4, 0.5) is 10.5 Å². The number of hydrogen-bond donors (Lipinski definition) is 4. The lowest BCUT2D eigenvalue weighted by molar-refractivity contribution is -0.143. The zero-order valence-electron chi connectivity index (χ0n) is 21.8. The minimum Gasteiger partial charge on any atom is -0.468 e. The maximum Gasteiger partial charge on any atom is 0.407 e. The molecular weight excluding hydrogens is 472 g/mol. The number of nitrogens with two attached hydrogens (primary N) is 2. The number of fused-ring (bicyclic) bond motifs is 2. The van der Waals surface area contributed by atoms with Gasteiger partial charge in [0.2, 0.25) is 0 Å². The number of anilines is 1. The van der Waals surface area contributed by atoms with E-state index in [1.54, 1.807) is 12.1 Å². The highest BCUT2D eigenvalue weighted by Crippen LogP contribution is 2.35. The number of rotatable bonds is 11. The van der Waals surface area contributed by atoms with Crippen molar-refractivity contribution in [3.05, 3.63) is 65.2 Å². The molecule has 0 spiro atoms. The maximum absolute atomic E-state index is 12.2. The van der Waals surface area contributed by atoms with Crippen molar-refractivity contribution < 1.29 is 19.1 Å². The summed E-state index contributed by atoms with van der Waals surface area (Å²) in [6, 6.07) is 15.6. The number of methoxy groups -OCH3 is 1. The van der Waals surface area contributed by atoms with Crippen LogP contribution in [0.15, 0.2) is 48.5 Å². The standard InChI is InChI=1S/C27H38N6O4/c1-30-22(26(34)36-3)13-8-9-15-31-27(35)37-17-16-33(29)25-20-11-5-4-10-19(20)18-32(2)23-14-7-6-12-21(23)24(25)28/h4-7,10-12,14,22,30H,8-9,13,15-18,28-29H2,1-3H3,(H,31,35)/b25-24-. The Hall–Kier alpha value is -3.76. The van der Waals surface area contributed by atoms with Crippen molar-refractivity contribution >= 4 is 29.1 Å². The first-order valence-corrected chi connectivity index (χ1v) is 12.4. The fourth-order valence-electron chi connectivity index (χ4n) is 4.43. The molecule has 2 aromatic carbocycles. The molecule has 6 N–H and O–H groups in total. The molecule has 0 saturated carbocycles. The Labute approximate surface area is 218 Å². The third kappa shape index (κ3) is 7.14. The molecule has 3 rings (SSSR count). The number of nitrogens with one attached hydrogen (secondary N) is 2. The number of benzene rings is 2. The minimum atomic E-state index is -0.515. The Morgan fingerprint density at radius 2 is 1.81 bits per heavy atom. The van der Waals surface area contributed by atoms with Gasteiger partial charge in [0.15, 0.2) is 0 Å². The molecule has 10 nitrogen and oxygen atoms in total. The first-order chi connectivity index (χ1) is 17.9. The van der Waals surface area contributed by atoms with Gasteiger partial charge in [0, 0.05) is 37.0 Å². The molecule has 200 valence electrons. The Balaban J connectivity index is 1.57. The number of hydrazine groups is 1. The number of nitrogens with zero attached hydrogens (tertiary/aromatic N) is 2. The molecule has 0 fully saturated rings. The Morgan fingerprint density at radius 3 is 2.54 bits per heavy atom. The van der Waals surface area contributed by atoms with E-state index in [0.717, 1.165) is 28.8 Å². The second-order valence-electron chi connectivity index (χ2n) is 8.91. The molecule has 0 aromatic heterocycles. The van der Waals surface area contributed by atoms with E-state index < -0.39 is 6.09 Å². The van der Waals surface area contributed by atoms with Crippen LogP contribution in [0.5, 0.6) is 0 Å². The lowest BCUT2D eigenvalue weighted by Crippen LogP contribution is -2.37. The molecule has 10 heteroatoms. The molecule has 1 aliphatic rings. The third-order valence-electron chi connectivity index (χ3n) is 6.42. The summed E-state index contributed by atoms with van der Waals surface area (Å²) in [5, 5.41) is 7.21. The van der Waals surface area contributed by atoms with Crippen molar-refractivity contribution in [2.75, 3.05) is 45.8 Å². The lowest BCUT2D eigenvalue weighted by Gasteiger charge is -2.32. The van der Waals surface area contributed by atoms with E-state index in [1.165, 1.54) is 7.11 Å². The van der Waals surface area contributed by atoms with Crippen molar-refractivity contribution in [3.8, 4) is 0 Å². The Kier molecular flexibility index (Phi) is 10.2. The van der Waals surface area contributed by atoms with Crippen molar-refractivity contribution in [2.24, 2.45) is 11.6 Å². The predicted octanol–water partition coefficient (Wildman–Crippen LogP) is 2.25. The van der Waals surface area contributed by atoms with Gasteiger partial charge in [-0.05, 0) is 37.9 Å². The number of hydrogen-bond acceptors (Lipinski definition) is 9. The lowest BCUT2D eigenvalue weighted by atomic mass is 9.96. The van der Waals surface area contributed by atoms with E-state index in [4.69, 9.17) is 21.1 Å². The molecule has 0 aliphatic carbocycles. The topological polar surface area (TPSA) is 135 Å². The molecule has 0 saturated heterocycles. The van der Waals surface area contributed by atoms with Gasteiger partial charge in [0.1, 0.15) is 12.6 Å². The summed E-state index contributed by atoms with van der Waals surface area (Å²) >= 11 is 0. The number of esters is 1. The van der Waals surface area contributed by atoms with Crippen molar-refractivity contribution in [3.63, 3.8) is 0 Å². The van der Waals surface area contributed by atoms with Gasteiger partial charge in [-0.2, -0.15) is 0 Å². The summed E-state index contributed by atoms with van der Waals surface area (Å²) in [7, 11) is 5.12. The molecule has 1 unspecified atom stereocenters. The van der Waals surface area contributed by atoms with Gasteiger partial charge in [-0.15, -0.1) is 0 Å². The summed E-state index contributed by atoms with van der Waals surface area (Å²) in [6.45, 7) is 1.50. The van der Waals surface area contributed by atoms with Crippen LogP contribution < -0.4 is 27.1 Å². The van der Waals surface area contributed by atoms with Gasteiger partial charge in [-0.25, -0.2) is 10.6 Å². The van der Waals surface area contributed by atoms with Crippen LogP contribution in [0.2, 0.25) is 0 Å². The van der Waals surface area contributed by atoms with Crippen LogP contribution in [0.25, 0.3) is 11.4 Å². The van der Waals surface area contributed by atoms with Gasteiger partial charge < -0.3 is 35.7 Å². The second-order valence-corrected chi connectivity index (χ2v) is 8.91. The molecule has 37 heavy (non-hydrogen) atoms. The minimum absolute atomic E-state index is 0.0903. The highest BCUT2D eigenvalue weighted by atomic mass is 16.5. The van der Waals surface area contributed by atoms with Crippen LogP contribution in [0, 0.1) is 0 Å². The highest BCUT2D eigenvalue weighted by Gasteiger charge is 2.23. The average molecular weight is 511 g/mol. The van der Waals surface area contributed by atoms with Gasteiger partial charge in [-0.1, -0.05) is 42.5 Å². The number of likely N-dealkylation sites (N-methyl/N-ethyl adjacent to an activating group) is 1. The molecule has 1 heterocycles. The largest absolute Gasteiger partial charge is 0.468 e. The molecule has 1 aliphatic heterocycles. The van der Waals surface area contributed by atoms with E-state index in [0.29, 0.717) is 37.3 Å². The number of para-hydroxylation sites is 1. The first kappa shape index (κ1) is 27.8. The fraction of sp³-hybridized carbons (Fsp3) is 0.407. The molecule has 0 radical (unpaired) electrons. The van der Waals surface area contributed by atoms with E-state index in [-0.39, 0.29) is 25.2 Å². The van der Waals surface area contributed by atoms with E-state index in [1.807, 2.05) is 49.5 Å². The van der Waals surface area contributed by atoms with Crippen LogP contribution >= 0.6 is 0 Å². The quantitative estimate of drug-likeness (QED) is 0.155. The second kappa shape index (κ2) is 13.5. The number of unbranched alkanes of at least 4 members (excludes halogenated alkanes) is 1. The molecule has 0 bridgehead atoms. The highest BCUT2D eigenvalue weighted by molar-refractivity contribution is 5.93. The fourth-order valence-corrected chi connectivity index (χ4v) is 4.43. The van der Waals surface area contributed by atoms with Crippen LogP contribution in [0.1, 0.15) is 36.0 Å².